The molecular formula is C55H64N4O7S2. The number of phenolic OH excluding ortho intramolecular Hbond substituents is 1. The minimum Gasteiger partial charge on any atom is -0.508 e. The summed E-state index contributed by atoms with van der Waals surface area (Å²) < 4.78 is 16.0. The first-order chi connectivity index (χ1) is 33.0. The summed E-state index contributed by atoms with van der Waals surface area (Å²) in [6, 6.07) is 5.74. The molecule has 2 aromatic heterocycles. The molecule has 0 radical (unpaired) electrons. The molecule has 7 heterocycles. The summed E-state index contributed by atoms with van der Waals surface area (Å²) in [7, 11) is 3.47. The van der Waals surface area contributed by atoms with E-state index in [2.05, 4.69) is 76.4 Å². The average molecular weight is 957 g/mol. The van der Waals surface area contributed by atoms with E-state index in [0.717, 1.165) is 96.7 Å². The van der Waals surface area contributed by atoms with E-state index in [1.54, 1.807) is 27.7 Å². The molecular weight excluding hydrogens is 893 g/mol. The number of Topliss-reactive ketones (excluding diaryl/α,β-unsaturated/α-hetero) is 1. The number of hydrogen-bond donors (Lipinski definition) is 7. The molecule has 11 nitrogen and oxygen atoms in total. The lowest BCUT2D eigenvalue weighted by Crippen LogP contribution is -2.52. The van der Waals surface area contributed by atoms with Gasteiger partial charge in [-0.2, -0.15) is 0 Å². The predicted molar refractivity (Wildman–Crippen MR) is 267 cm³/mol. The molecule has 2 spiro atoms. The molecule has 11 atom stereocenters. The number of carbonyl (C=O) groups excluding carboxylic acids is 1. The number of aliphatic hydroxyl groups excluding tert-OH is 3. The van der Waals surface area contributed by atoms with Gasteiger partial charge in [0.05, 0.1) is 35.2 Å². The Morgan fingerprint density at radius 1 is 1.07 bits per heavy atom. The normalized spacial score (nSPS) is 30.4. The molecule has 0 saturated heterocycles. The maximum atomic E-state index is 14.6. The Hall–Kier alpha value is -4.31. The van der Waals surface area contributed by atoms with Gasteiger partial charge in [0.25, 0.3) is 0 Å². The molecule has 68 heavy (non-hydrogen) atoms. The SMILES string of the molecule is CCCCC[C@H](C(=O)CCc1c(O)cc2c3c1CSSC[C@@]14CC[C@@H]5c6c(ccc(c61)[C@@H](N)NC4)[C@H](O)C#C[C@@H]([C@@H](O3)n1cc3[nH]cc5c3c1)C1(C#CO2)CCCC1)[C@H](O)[C@H]1C=C[C@H](C)C[C@H]1O. The van der Waals surface area contributed by atoms with Gasteiger partial charge >= 0.3 is 0 Å². The summed E-state index contributed by atoms with van der Waals surface area (Å²) in [5.74, 6) is 11.0. The molecule has 13 heteroatoms. The Balaban J connectivity index is 1.07. The van der Waals surface area contributed by atoms with Gasteiger partial charge in [-0.1, -0.05) is 110 Å². The fourth-order valence-electron chi connectivity index (χ4n) is 13.1. The lowest BCUT2D eigenvalue weighted by atomic mass is 9.61. The molecule has 1 fully saturated rings. The number of phenols is 1. The van der Waals surface area contributed by atoms with Crippen LogP contribution in [0.15, 0.2) is 48.9 Å². The second kappa shape index (κ2) is 18.5. The van der Waals surface area contributed by atoms with Gasteiger partial charge in [-0.15, -0.1) is 0 Å². The molecule has 3 aliphatic carbocycles. The number of aromatic nitrogens is 2. The van der Waals surface area contributed by atoms with E-state index in [9.17, 15) is 25.2 Å². The maximum Gasteiger partial charge on any atom is 0.191 e. The average Bonchev–Trinajstić information content (AvgIpc) is 4.08. The number of nitrogens with one attached hydrogen (secondary N) is 2. The molecule has 358 valence electrons. The van der Waals surface area contributed by atoms with Gasteiger partial charge in [0.15, 0.2) is 17.7 Å². The predicted octanol–water partition coefficient (Wildman–Crippen LogP) is 9.08. The van der Waals surface area contributed by atoms with Gasteiger partial charge in [0.1, 0.15) is 23.7 Å². The van der Waals surface area contributed by atoms with Crippen molar-refractivity contribution in [1.29, 1.82) is 0 Å². The van der Waals surface area contributed by atoms with E-state index in [4.69, 9.17) is 15.2 Å². The van der Waals surface area contributed by atoms with Gasteiger partial charge in [-0.3, -0.25) is 10.1 Å². The molecule has 8 N–H and O–H groups in total. The van der Waals surface area contributed by atoms with Crippen molar-refractivity contribution in [2.75, 3.05) is 12.3 Å². The standard InChI is InChI=1S/C55H64N4O7S2/c1-3-4-5-8-35(50(64)36-10-9-31(2)23-45(36)62)44(61)15-13-32-40-28-67-68-30-55-20-17-33-38-25-57-42-27-59(26-39(38)42)53-41(14-16-43(60)34-11-12-37(49(55)48(33)34)52(56)58-29-55)54(18-6-7-19-54)21-22-65-47(24-46(32)63)51(40)66-53/h9-12,24-27,31,33,35-36,41,43,45,50,52-53,57-58,60,62-64H,3-8,13,15,17-20,23,28-30,56H2,1-2H3/t31-,33-,35+,36-,41-,43+,45+,50-,52-,53+,55-/m0/s1. The van der Waals surface area contributed by atoms with Crippen LogP contribution in [0.3, 0.4) is 0 Å². The number of aromatic hydroxyl groups is 1. The van der Waals surface area contributed by atoms with Gasteiger partial charge in [0, 0.05) is 88.8 Å². The summed E-state index contributed by atoms with van der Waals surface area (Å²) in [6.07, 6.45) is 18.8. The van der Waals surface area contributed by atoms with Crippen molar-refractivity contribution in [3.05, 3.63) is 87.9 Å². The smallest absolute Gasteiger partial charge is 0.191 e. The number of rotatable bonds is 10. The second-order valence-electron chi connectivity index (χ2n) is 20.9. The number of benzene rings is 2. The Morgan fingerprint density at radius 2 is 1.91 bits per heavy atom. The van der Waals surface area contributed by atoms with Gasteiger partial charge < -0.3 is 45.2 Å². The van der Waals surface area contributed by atoms with Crippen LogP contribution in [0.2, 0.25) is 0 Å². The highest BCUT2D eigenvalue weighted by atomic mass is 33.1. The summed E-state index contributed by atoms with van der Waals surface area (Å²) in [6.45, 7) is 4.85. The van der Waals surface area contributed by atoms with Crippen molar-refractivity contribution in [3.8, 4) is 41.1 Å². The van der Waals surface area contributed by atoms with Crippen molar-refractivity contribution in [2.45, 2.75) is 145 Å². The number of H-pyrrole nitrogens is 1. The largest absolute Gasteiger partial charge is 0.508 e. The number of fused-ring (bicyclic) bond motifs is 5. The van der Waals surface area contributed by atoms with E-state index < -0.39 is 47.7 Å². The molecule has 4 aromatic rings. The van der Waals surface area contributed by atoms with Crippen LogP contribution in [0.5, 0.6) is 17.2 Å². The third kappa shape index (κ3) is 7.89. The Morgan fingerprint density at radius 3 is 2.74 bits per heavy atom. The highest BCUT2D eigenvalue weighted by molar-refractivity contribution is 8.76. The van der Waals surface area contributed by atoms with E-state index >= 15 is 0 Å². The Bertz CT molecular complexity index is 2770. The highest BCUT2D eigenvalue weighted by Gasteiger charge is 2.50. The summed E-state index contributed by atoms with van der Waals surface area (Å²) in [4.78, 5) is 18.2. The van der Waals surface area contributed by atoms with Crippen LogP contribution in [-0.2, 0) is 22.4 Å². The molecule has 12 rings (SSSR count). The number of aliphatic hydroxyl groups is 3. The van der Waals surface area contributed by atoms with Crippen molar-refractivity contribution in [2.24, 2.45) is 34.8 Å². The van der Waals surface area contributed by atoms with Gasteiger partial charge in [-0.25, -0.2) is 0 Å². The molecule has 10 bridgehead atoms. The Kier molecular flexibility index (Phi) is 12.5. The van der Waals surface area contributed by atoms with E-state index in [-0.39, 0.29) is 47.8 Å². The number of hydrogen-bond acceptors (Lipinski definition) is 11. The van der Waals surface area contributed by atoms with E-state index in [1.165, 1.54) is 11.1 Å². The Labute approximate surface area is 407 Å². The van der Waals surface area contributed by atoms with Crippen LogP contribution in [0.4, 0.5) is 0 Å². The number of allylic oxidation sites excluding steroid dienone is 1. The fraction of sp³-hybridized carbons (Fsp3) is 0.545. The third-order valence-corrected chi connectivity index (χ3v) is 19.2. The monoisotopic (exact) mass is 956 g/mol. The summed E-state index contributed by atoms with van der Waals surface area (Å²) >= 11 is 0. The number of nitrogens with two attached hydrogens (primary N) is 1. The van der Waals surface area contributed by atoms with Crippen molar-refractivity contribution < 1.29 is 34.7 Å². The number of aromatic amines is 1. The molecule has 5 aliphatic heterocycles. The number of carbonyl (C=O) groups is 1. The molecule has 0 unspecified atom stereocenters. The number of ether oxygens (including phenoxy) is 2. The molecule has 1 saturated carbocycles. The van der Waals surface area contributed by atoms with Crippen molar-refractivity contribution in [3.63, 3.8) is 0 Å². The number of unbranched alkanes of at least 4 members (excludes halogenated alkanes) is 2. The first-order valence-electron chi connectivity index (χ1n) is 25.1. The molecule has 0 amide bonds. The van der Waals surface area contributed by atoms with Crippen LogP contribution >= 0.6 is 21.6 Å². The van der Waals surface area contributed by atoms with Crippen LogP contribution in [0.1, 0.15) is 154 Å². The summed E-state index contributed by atoms with van der Waals surface area (Å²) in [5, 5.41) is 52.3. The fourth-order valence-corrected chi connectivity index (χ4v) is 15.8. The highest BCUT2D eigenvalue weighted by Crippen LogP contribution is 2.57. The molecule has 2 aromatic carbocycles. The van der Waals surface area contributed by atoms with Crippen molar-refractivity contribution in [1.82, 2.24) is 14.9 Å². The van der Waals surface area contributed by atoms with Crippen LogP contribution in [0, 0.1) is 53.0 Å². The van der Waals surface area contributed by atoms with E-state index in [1.807, 2.05) is 19.1 Å². The minimum atomic E-state index is -1.08. The third-order valence-electron chi connectivity index (χ3n) is 16.8. The van der Waals surface area contributed by atoms with E-state index in [0.29, 0.717) is 42.2 Å². The zero-order valence-electron chi connectivity index (χ0n) is 39.1. The second-order valence-corrected chi connectivity index (χ2v) is 23.4. The van der Waals surface area contributed by atoms with Crippen molar-refractivity contribution >= 4 is 38.3 Å². The first-order valence-corrected chi connectivity index (χ1v) is 27.6. The quantitative estimate of drug-likeness (QED) is 0.0350. The van der Waals surface area contributed by atoms with Crippen LogP contribution in [0.25, 0.3) is 10.9 Å². The lowest BCUT2D eigenvalue weighted by Gasteiger charge is -2.48. The first kappa shape index (κ1) is 46.1. The van der Waals surface area contributed by atoms with Gasteiger partial charge in [-0.05, 0) is 78.7 Å². The van der Waals surface area contributed by atoms with Gasteiger partial charge in [0.2, 0.25) is 0 Å². The lowest BCUT2D eigenvalue weighted by molar-refractivity contribution is -0.129. The number of ketones is 1. The van der Waals surface area contributed by atoms with Crippen LogP contribution < -0.4 is 20.5 Å². The minimum absolute atomic E-state index is 0.00271. The zero-order valence-corrected chi connectivity index (χ0v) is 40.7. The zero-order chi connectivity index (χ0) is 46.9. The topological polar surface area (TPSA) is 175 Å². The maximum absolute atomic E-state index is 14.6. The molecule has 8 aliphatic rings. The summed E-state index contributed by atoms with van der Waals surface area (Å²) in [5.41, 5.74) is 13.7. The van der Waals surface area contributed by atoms with Crippen LogP contribution in [-0.4, -0.2) is 60.3 Å². The number of nitrogens with zero attached hydrogens (tertiary/aromatic N) is 1.